The Balaban J connectivity index is 1.93. The lowest BCUT2D eigenvalue weighted by Crippen LogP contribution is -2.30. The highest BCUT2D eigenvalue weighted by molar-refractivity contribution is 5.97. The molecule has 0 bridgehead atoms. The molecule has 0 unspecified atom stereocenters. The Morgan fingerprint density at radius 2 is 1.70 bits per heavy atom. The lowest BCUT2D eigenvalue weighted by Gasteiger charge is -2.13. The number of carbonyl (C=O) groups is 2. The van der Waals surface area contributed by atoms with Crippen molar-refractivity contribution >= 4 is 17.6 Å². The molecular weight excluding hydrogens is 297 g/mol. The standard InChI is InChI=1S/C18H18FNO3/c1-3-13-4-10-16(11-5-13)20-17(21)12(2)23-18(22)14-6-8-15(19)9-7-14/h4-12H,3H2,1-2H3,(H,20,21)/t12-/m0/s1. The number of benzene rings is 2. The van der Waals surface area contributed by atoms with Gasteiger partial charge in [0.15, 0.2) is 6.10 Å². The third-order valence-electron chi connectivity index (χ3n) is 3.36. The zero-order valence-corrected chi connectivity index (χ0v) is 13.0. The smallest absolute Gasteiger partial charge is 0.338 e. The van der Waals surface area contributed by atoms with Gasteiger partial charge >= 0.3 is 5.97 Å². The number of anilines is 1. The molecule has 0 aliphatic carbocycles. The number of nitrogens with one attached hydrogen (secondary N) is 1. The van der Waals surface area contributed by atoms with Gasteiger partial charge in [-0.15, -0.1) is 0 Å². The van der Waals surface area contributed by atoms with Crippen molar-refractivity contribution in [2.45, 2.75) is 26.4 Å². The Kier molecular flexibility index (Phi) is 5.46. The summed E-state index contributed by atoms with van der Waals surface area (Å²) in [6.45, 7) is 3.53. The minimum atomic E-state index is -0.960. The number of amides is 1. The third-order valence-corrected chi connectivity index (χ3v) is 3.36. The lowest BCUT2D eigenvalue weighted by atomic mass is 10.1. The van der Waals surface area contributed by atoms with Crippen LogP contribution in [-0.2, 0) is 16.0 Å². The van der Waals surface area contributed by atoms with Crippen molar-refractivity contribution < 1.29 is 18.7 Å². The highest BCUT2D eigenvalue weighted by atomic mass is 19.1. The molecule has 0 aromatic heterocycles. The summed E-state index contributed by atoms with van der Waals surface area (Å²) in [5.41, 5.74) is 1.99. The van der Waals surface area contributed by atoms with E-state index >= 15 is 0 Å². The first kappa shape index (κ1) is 16.7. The van der Waals surface area contributed by atoms with E-state index in [1.54, 1.807) is 12.1 Å². The molecule has 0 spiro atoms. The minimum absolute atomic E-state index is 0.193. The van der Waals surface area contributed by atoms with Gasteiger partial charge in [-0.1, -0.05) is 19.1 Å². The number of ether oxygens (including phenoxy) is 1. The Morgan fingerprint density at radius 1 is 1.09 bits per heavy atom. The van der Waals surface area contributed by atoms with Crippen LogP contribution in [0.3, 0.4) is 0 Å². The summed E-state index contributed by atoms with van der Waals surface area (Å²) in [6.07, 6.45) is -0.0432. The van der Waals surface area contributed by atoms with E-state index in [-0.39, 0.29) is 5.56 Å². The van der Waals surface area contributed by atoms with E-state index in [2.05, 4.69) is 5.32 Å². The Morgan fingerprint density at radius 3 is 2.26 bits per heavy atom. The fourth-order valence-corrected chi connectivity index (χ4v) is 1.94. The molecule has 1 N–H and O–H groups in total. The predicted octanol–water partition coefficient (Wildman–Crippen LogP) is 3.57. The monoisotopic (exact) mass is 315 g/mol. The largest absolute Gasteiger partial charge is 0.449 e. The van der Waals surface area contributed by atoms with Crippen molar-refractivity contribution in [3.63, 3.8) is 0 Å². The Labute approximate surface area is 134 Å². The molecule has 2 aromatic carbocycles. The van der Waals surface area contributed by atoms with E-state index < -0.39 is 23.8 Å². The molecule has 4 nitrogen and oxygen atoms in total. The molecule has 0 fully saturated rings. The second kappa shape index (κ2) is 7.54. The molecule has 2 aromatic rings. The molecule has 2 rings (SSSR count). The van der Waals surface area contributed by atoms with Gasteiger partial charge in [-0.3, -0.25) is 4.79 Å². The van der Waals surface area contributed by atoms with Crippen LogP contribution in [0.4, 0.5) is 10.1 Å². The maximum atomic E-state index is 12.8. The van der Waals surface area contributed by atoms with Crippen LogP contribution in [0, 0.1) is 5.82 Å². The van der Waals surface area contributed by atoms with Crippen LogP contribution in [0.15, 0.2) is 48.5 Å². The highest BCUT2D eigenvalue weighted by Gasteiger charge is 2.19. The summed E-state index contributed by atoms with van der Waals surface area (Å²) < 4.78 is 17.9. The van der Waals surface area contributed by atoms with E-state index in [1.807, 2.05) is 19.1 Å². The Hall–Kier alpha value is -2.69. The molecule has 0 saturated carbocycles. The lowest BCUT2D eigenvalue weighted by molar-refractivity contribution is -0.123. The van der Waals surface area contributed by atoms with Gasteiger partial charge < -0.3 is 10.1 Å². The van der Waals surface area contributed by atoms with E-state index in [0.717, 1.165) is 18.6 Å². The number of carbonyl (C=O) groups excluding carboxylic acids is 2. The van der Waals surface area contributed by atoms with E-state index in [1.165, 1.54) is 24.6 Å². The predicted molar refractivity (Wildman–Crippen MR) is 85.7 cm³/mol. The molecule has 0 aliphatic heterocycles. The number of esters is 1. The number of halogens is 1. The van der Waals surface area contributed by atoms with Crippen LogP contribution in [-0.4, -0.2) is 18.0 Å². The summed E-state index contributed by atoms with van der Waals surface area (Å²) in [7, 11) is 0. The van der Waals surface area contributed by atoms with Crippen molar-refractivity contribution in [1.29, 1.82) is 0 Å². The molecule has 23 heavy (non-hydrogen) atoms. The van der Waals surface area contributed by atoms with Crippen molar-refractivity contribution in [2.75, 3.05) is 5.32 Å². The molecule has 0 heterocycles. The average molecular weight is 315 g/mol. The van der Waals surface area contributed by atoms with Crippen LogP contribution >= 0.6 is 0 Å². The molecule has 0 saturated heterocycles. The van der Waals surface area contributed by atoms with Gasteiger partial charge in [0.1, 0.15) is 5.82 Å². The Bertz CT molecular complexity index is 680. The van der Waals surface area contributed by atoms with Crippen LogP contribution in [0.25, 0.3) is 0 Å². The topological polar surface area (TPSA) is 55.4 Å². The average Bonchev–Trinajstić information content (AvgIpc) is 2.56. The van der Waals surface area contributed by atoms with Crippen LogP contribution in [0.1, 0.15) is 29.8 Å². The molecule has 1 atom stereocenters. The quantitative estimate of drug-likeness (QED) is 0.858. The first-order valence-corrected chi connectivity index (χ1v) is 7.36. The van der Waals surface area contributed by atoms with Crippen LogP contribution in [0.5, 0.6) is 0 Å². The normalized spacial score (nSPS) is 11.6. The van der Waals surface area contributed by atoms with E-state index in [9.17, 15) is 14.0 Å². The second-order valence-electron chi connectivity index (χ2n) is 5.09. The maximum Gasteiger partial charge on any atom is 0.338 e. The van der Waals surface area contributed by atoms with Gasteiger partial charge in [0.05, 0.1) is 5.56 Å². The van der Waals surface area contributed by atoms with Gasteiger partial charge in [-0.25, -0.2) is 9.18 Å². The number of rotatable bonds is 5. The summed E-state index contributed by atoms with van der Waals surface area (Å²) in [4.78, 5) is 23.9. The van der Waals surface area contributed by atoms with Crippen molar-refractivity contribution in [1.82, 2.24) is 0 Å². The molecule has 1 amide bonds. The second-order valence-corrected chi connectivity index (χ2v) is 5.09. The molecule has 5 heteroatoms. The van der Waals surface area contributed by atoms with Crippen molar-refractivity contribution in [3.8, 4) is 0 Å². The van der Waals surface area contributed by atoms with Crippen LogP contribution in [0.2, 0.25) is 0 Å². The van der Waals surface area contributed by atoms with Gasteiger partial charge in [-0.2, -0.15) is 0 Å². The summed E-state index contributed by atoms with van der Waals surface area (Å²) >= 11 is 0. The number of hydrogen-bond acceptors (Lipinski definition) is 3. The fraction of sp³-hybridized carbons (Fsp3) is 0.222. The SMILES string of the molecule is CCc1ccc(NC(=O)[C@H](C)OC(=O)c2ccc(F)cc2)cc1. The minimum Gasteiger partial charge on any atom is -0.449 e. The summed E-state index contributed by atoms with van der Waals surface area (Å²) in [6, 6.07) is 12.4. The van der Waals surface area contributed by atoms with Gasteiger partial charge in [-0.05, 0) is 55.3 Å². The third kappa shape index (κ3) is 4.64. The van der Waals surface area contributed by atoms with Crippen LogP contribution < -0.4 is 5.32 Å². The zero-order chi connectivity index (χ0) is 16.8. The van der Waals surface area contributed by atoms with E-state index in [4.69, 9.17) is 4.74 Å². The van der Waals surface area contributed by atoms with Gasteiger partial charge in [0.25, 0.3) is 5.91 Å². The number of hydrogen-bond donors (Lipinski definition) is 1. The molecular formula is C18H18FNO3. The van der Waals surface area contributed by atoms with Crippen molar-refractivity contribution in [2.24, 2.45) is 0 Å². The number of aryl methyl sites for hydroxylation is 1. The van der Waals surface area contributed by atoms with E-state index in [0.29, 0.717) is 5.69 Å². The zero-order valence-electron chi connectivity index (χ0n) is 13.0. The fourth-order valence-electron chi connectivity index (χ4n) is 1.94. The first-order valence-electron chi connectivity index (χ1n) is 7.36. The molecule has 0 aliphatic rings. The van der Waals surface area contributed by atoms with Crippen molar-refractivity contribution in [3.05, 3.63) is 65.5 Å². The molecule has 0 radical (unpaired) electrons. The summed E-state index contributed by atoms with van der Waals surface area (Å²) in [5.74, 6) is -1.54. The highest BCUT2D eigenvalue weighted by Crippen LogP contribution is 2.12. The maximum absolute atomic E-state index is 12.8. The molecule has 120 valence electrons. The van der Waals surface area contributed by atoms with Gasteiger partial charge in [0, 0.05) is 5.69 Å². The first-order chi connectivity index (χ1) is 11.0. The van der Waals surface area contributed by atoms with Gasteiger partial charge in [0.2, 0.25) is 0 Å². The summed E-state index contributed by atoms with van der Waals surface area (Å²) in [5, 5.41) is 2.68.